The Morgan fingerprint density at radius 1 is 0.613 bits per heavy atom. The van der Waals surface area contributed by atoms with E-state index in [0.29, 0.717) is 17.7 Å². The summed E-state index contributed by atoms with van der Waals surface area (Å²) in [7, 11) is 0. The first-order chi connectivity index (χ1) is 15.1. The maximum atomic E-state index is 14.9. The first-order valence-electron chi connectivity index (χ1n) is 10.3. The van der Waals surface area contributed by atoms with Crippen LogP contribution < -0.4 is 5.32 Å². The third-order valence-corrected chi connectivity index (χ3v) is 5.23. The molecular weight excluding hydrogens is 395 g/mol. The van der Waals surface area contributed by atoms with Gasteiger partial charge in [0.1, 0.15) is 5.82 Å². The fourth-order valence-corrected chi connectivity index (χ4v) is 3.56. The first-order valence-corrected chi connectivity index (χ1v) is 10.3. The molecule has 0 atom stereocenters. The molecule has 0 bridgehead atoms. The molecule has 0 amide bonds. The van der Waals surface area contributed by atoms with Crippen LogP contribution in [0.15, 0.2) is 84.9 Å². The molecule has 1 nitrogen and oxygen atoms in total. The number of hydrogen-bond donors (Lipinski definition) is 1. The minimum Gasteiger partial charge on any atom is -0.383 e. The molecular formula is C27H22F3N. The Kier molecular flexibility index (Phi) is 6.08. The van der Waals surface area contributed by atoms with Gasteiger partial charge in [-0.3, -0.25) is 0 Å². The molecule has 0 aliphatic rings. The summed E-state index contributed by atoms with van der Waals surface area (Å²) in [5, 5.41) is 2.85. The van der Waals surface area contributed by atoms with E-state index in [2.05, 4.69) is 5.32 Å². The molecule has 0 heterocycles. The zero-order valence-electron chi connectivity index (χ0n) is 17.1. The summed E-state index contributed by atoms with van der Waals surface area (Å²) < 4.78 is 43.9. The van der Waals surface area contributed by atoms with Crippen LogP contribution in [0, 0.1) is 17.5 Å². The van der Waals surface area contributed by atoms with E-state index in [1.165, 1.54) is 18.2 Å². The van der Waals surface area contributed by atoms with Crippen molar-refractivity contribution in [3.63, 3.8) is 0 Å². The van der Waals surface area contributed by atoms with Crippen LogP contribution in [-0.4, -0.2) is 6.54 Å². The molecule has 0 saturated heterocycles. The summed E-state index contributed by atoms with van der Waals surface area (Å²) >= 11 is 0. The van der Waals surface area contributed by atoms with Crippen molar-refractivity contribution in [3.8, 4) is 33.4 Å². The van der Waals surface area contributed by atoms with Gasteiger partial charge in [0.05, 0.1) is 5.69 Å². The van der Waals surface area contributed by atoms with Crippen LogP contribution in [0.25, 0.3) is 33.4 Å². The van der Waals surface area contributed by atoms with Crippen molar-refractivity contribution in [2.75, 3.05) is 11.9 Å². The Morgan fingerprint density at radius 2 is 1.23 bits per heavy atom. The summed E-state index contributed by atoms with van der Waals surface area (Å²) in [5.74, 6) is -2.43. The molecule has 0 aliphatic carbocycles. The minimum atomic E-state index is -0.986. The van der Waals surface area contributed by atoms with Gasteiger partial charge in [-0.25, -0.2) is 13.2 Å². The SMILES string of the molecule is CCCNc1ccc(-c2ccc(-c3ccc(-c4ccccc4)cc3)c(F)c2)c(F)c1F. The fourth-order valence-electron chi connectivity index (χ4n) is 3.56. The Bertz CT molecular complexity index is 1190. The van der Waals surface area contributed by atoms with Crippen molar-refractivity contribution in [1.29, 1.82) is 0 Å². The van der Waals surface area contributed by atoms with Crippen LogP contribution in [0.4, 0.5) is 18.9 Å². The van der Waals surface area contributed by atoms with E-state index >= 15 is 0 Å². The van der Waals surface area contributed by atoms with Gasteiger partial charge >= 0.3 is 0 Å². The minimum absolute atomic E-state index is 0.0319. The smallest absolute Gasteiger partial charge is 0.182 e. The molecule has 1 N–H and O–H groups in total. The van der Waals surface area contributed by atoms with Crippen molar-refractivity contribution in [2.24, 2.45) is 0 Å². The first kappa shape index (κ1) is 20.7. The second-order valence-electron chi connectivity index (χ2n) is 7.35. The molecule has 4 rings (SSSR count). The number of nitrogens with one attached hydrogen (secondary N) is 1. The van der Waals surface area contributed by atoms with Gasteiger partial charge in [0.15, 0.2) is 11.6 Å². The Labute approximate surface area is 180 Å². The number of hydrogen-bond acceptors (Lipinski definition) is 1. The number of rotatable bonds is 6. The molecule has 31 heavy (non-hydrogen) atoms. The molecule has 0 radical (unpaired) electrons. The average Bonchev–Trinajstić information content (AvgIpc) is 2.81. The molecule has 0 fully saturated rings. The summed E-state index contributed by atoms with van der Waals surface area (Å²) in [6.07, 6.45) is 0.793. The lowest BCUT2D eigenvalue weighted by molar-refractivity contribution is 0.513. The van der Waals surface area contributed by atoms with Gasteiger partial charge in [0, 0.05) is 17.7 Å². The Balaban J connectivity index is 1.62. The molecule has 4 aromatic rings. The third-order valence-electron chi connectivity index (χ3n) is 5.23. The van der Waals surface area contributed by atoms with Crippen LogP contribution in [0.3, 0.4) is 0 Å². The maximum Gasteiger partial charge on any atom is 0.182 e. The van der Waals surface area contributed by atoms with Gasteiger partial charge in [0.2, 0.25) is 0 Å². The summed E-state index contributed by atoms with van der Waals surface area (Å²) in [6.45, 7) is 2.48. The second-order valence-corrected chi connectivity index (χ2v) is 7.35. The largest absolute Gasteiger partial charge is 0.383 e. The lowest BCUT2D eigenvalue weighted by Gasteiger charge is -2.12. The zero-order chi connectivity index (χ0) is 21.8. The molecule has 0 saturated carbocycles. The fraction of sp³-hybridized carbons (Fsp3) is 0.111. The van der Waals surface area contributed by atoms with E-state index in [1.807, 2.05) is 61.5 Å². The van der Waals surface area contributed by atoms with Crippen molar-refractivity contribution < 1.29 is 13.2 Å². The monoisotopic (exact) mass is 417 g/mol. The molecule has 0 unspecified atom stereocenters. The number of halogens is 3. The van der Waals surface area contributed by atoms with E-state index in [4.69, 9.17) is 0 Å². The second kappa shape index (κ2) is 9.09. The van der Waals surface area contributed by atoms with Gasteiger partial charge in [-0.1, -0.05) is 73.7 Å². The van der Waals surface area contributed by atoms with Gasteiger partial charge in [-0.2, -0.15) is 0 Å². The molecule has 4 aromatic carbocycles. The van der Waals surface area contributed by atoms with Crippen molar-refractivity contribution in [2.45, 2.75) is 13.3 Å². The third kappa shape index (κ3) is 4.33. The molecule has 0 spiro atoms. The number of anilines is 1. The van der Waals surface area contributed by atoms with Gasteiger partial charge in [0.25, 0.3) is 0 Å². The zero-order valence-corrected chi connectivity index (χ0v) is 17.1. The normalized spacial score (nSPS) is 10.8. The summed E-state index contributed by atoms with van der Waals surface area (Å²) in [5.41, 5.74) is 3.68. The van der Waals surface area contributed by atoms with Crippen molar-refractivity contribution >= 4 is 5.69 Å². The predicted octanol–water partition coefficient (Wildman–Crippen LogP) is 7.93. The van der Waals surface area contributed by atoms with Crippen LogP contribution in [0.2, 0.25) is 0 Å². The van der Waals surface area contributed by atoms with Crippen LogP contribution >= 0.6 is 0 Å². The maximum absolute atomic E-state index is 14.9. The molecule has 156 valence electrons. The van der Waals surface area contributed by atoms with Crippen molar-refractivity contribution in [3.05, 3.63) is 102 Å². The Morgan fingerprint density at radius 3 is 1.90 bits per heavy atom. The standard InChI is InChI=1S/C27H22F3N/c1-2-16-31-25-15-14-23(26(29)27(25)30)21-12-13-22(24(28)17-21)20-10-8-19(9-11-20)18-6-4-3-5-7-18/h3-15,17,31H,2,16H2,1H3. The van der Waals surface area contributed by atoms with Crippen LogP contribution in [0.5, 0.6) is 0 Å². The van der Waals surface area contributed by atoms with E-state index in [0.717, 1.165) is 23.1 Å². The van der Waals surface area contributed by atoms with Gasteiger partial charge < -0.3 is 5.32 Å². The quantitative estimate of drug-likeness (QED) is 0.336. The van der Waals surface area contributed by atoms with E-state index in [9.17, 15) is 13.2 Å². The van der Waals surface area contributed by atoms with E-state index < -0.39 is 17.5 Å². The lowest BCUT2D eigenvalue weighted by Crippen LogP contribution is -2.04. The lowest BCUT2D eigenvalue weighted by atomic mass is 9.97. The topological polar surface area (TPSA) is 12.0 Å². The highest BCUT2D eigenvalue weighted by atomic mass is 19.2. The van der Waals surface area contributed by atoms with Gasteiger partial charge in [-0.15, -0.1) is 0 Å². The van der Waals surface area contributed by atoms with Crippen LogP contribution in [0.1, 0.15) is 13.3 Å². The van der Waals surface area contributed by atoms with E-state index in [-0.39, 0.29) is 11.3 Å². The van der Waals surface area contributed by atoms with Crippen LogP contribution in [-0.2, 0) is 0 Å². The average molecular weight is 417 g/mol. The molecule has 0 aliphatic heterocycles. The Hall–Kier alpha value is -3.53. The highest BCUT2D eigenvalue weighted by Crippen LogP contribution is 2.33. The van der Waals surface area contributed by atoms with Gasteiger partial charge in [-0.05, 0) is 46.9 Å². The predicted molar refractivity (Wildman–Crippen MR) is 121 cm³/mol. The van der Waals surface area contributed by atoms with Crippen molar-refractivity contribution in [1.82, 2.24) is 0 Å². The number of benzene rings is 4. The highest BCUT2D eigenvalue weighted by molar-refractivity contribution is 5.74. The summed E-state index contributed by atoms with van der Waals surface area (Å²) in [4.78, 5) is 0. The molecule has 0 aromatic heterocycles. The summed E-state index contributed by atoms with van der Waals surface area (Å²) in [6, 6.07) is 24.9. The van der Waals surface area contributed by atoms with E-state index in [1.54, 1.807) is 12.1 Å². The molecule has 4 heteroatoms. The highest BCUT2D eigenvalue weighted by Gasteiger charge is 2.16.